The molecule has 5 heteroatoms. The van der Waals surface area contributed by atoms with Crippen LogP contribution < -0.4 is 10.9 Å². The molecule has 1 rings (SSSR count). The van der Waals surface area contributed by atoms with Gasteiger partial charge in [0.15, 0.2) is 0 Å². The Morgan fingerprint density at radius 3 is 2.58 bits per heavy atom. The van der Waals surface area contributed by atoms with Gasteiger partial charge in [0, 0.05) is 0 Å². The van der Waals surface area contributed by atoms with Gasteiger partial charge in [-0.15, -0.1) is 0 Å². The van der Waals surface area contributed by atoms with E-state index in [1.807, 2.05) is 0 Å². The van der Waals surface area contributed by atoms with Crippen LogP contribution in [0, 0.1) is 5.82 Å². The van der Waals surface area contributed by atoms with Crippen LogP contribution in [0.5, 0.6) is 0 Å². The van der Waals surface area contributed by atoms with Crippen molar-refractivity contribution < 1.29 is 14.3 Å². The Morgan fingerprint density at radius 2 is 2.08 bits per heavy atom. The molecule has 0 bridgehead atoms. The van der Waals surface area contributed by atoms with Gasteiger partial charge in [-0.25, -0.2) is 20.0 Å². The maximum Gasteiger partial charge on any atom is 0.426 e. The van der Waals surface area contributed by atoms with Crippen molar-refractivity contribution in [1.82, 2.24) is 0 Å². The molecule has 0 radical (unpaired) electrons. The van der Waals surface area contributed by atoms with Gasteiger partial charge >= 0.3 is 6.09 Å². The molecule has 0 aromatic heterocycles. The van der Waals surface area contributed by atoms with Gasteiger partial charge in [-0.1, -0.05) is 12.1 Å². The van der Waals surface area contributed by atoms with Crippen LogP contribution in [0.3, 0.4) is 0 Å². The largest absolute Gasteiger partial charge is 0.464 e. The van der Waals surface area contributed by atoms with E-state index in [-0.39, 0.29) is 5.69 Å². The van der Waals surface area contributed by atoms with Crippen LogP contribution in [0.15, 0.2) is 24.3 Å². The molecule has 1 amide bonds. The predicted octanol–water partition coefficient (Wildman–Crippen LogP) is 1.18. The lowest BCUT2D eigenvalue weighted by atomic mass is 10.3. The zero-order valence-electron chi connectivity index (χ0n) is 6.07. The first-order chi connectivity index (χ1) is 5.63. The summed E-state index contributed by atoms with van der Waals surface area (Å²) >= 11 is 0. The number of halogens is 1. The summed E-state index contributed by atoms with van der Waals surface area (Å²) in [5.41, 5.74) is -0.162. The Labute approximate surface area is 68.0 Å². The van der Waals surface area contributed by atoms with Crippen LogP contribution in [0.1, 0.15) is 0 Å². The van der Waals surface area contributed by atoms with Gasteiger partial charge in [-0.2, -0.15) is 0 Å². The van der Waals surface area contributed by atoms with E-state index >= 15 is 0 Å². The molecule has 0 aliphatic rings. The third kappa shape index (κ3) is 1.51. The second-order valence-electron chi connectivity index (χ2n) is 2.10. The fraction of sp³-hybridized carbons (Fsp3) is 0. The molecular formula is C7H7FN2O2. The number of rotatable bonds is 1. The van der Waals surface area contributed by atoms with E-state index < -0.39 is 11.9 Å². The lowest BCUT2D eigenvalue weighted by Gasteiger charge is -2.12. The lowest BCUT2D eigenvalue weighted by Crippen LogP contribution is -2.36. The smallest absolute Gasteiger partial charge is 0.426 e. The van der Waals surface area contributed by atoms with Gasteiger partial charge in [0.25, 0.3) is 0 Å². The van der Waals surface area contributed by atoms with Gasteiger partial charge in [-0.3, -0.25) is 0 Å². The van der Waals surface area contributed by atoms with Crippen molar-refractivity contribution in [2.75, 3.05) is 5.01 Å². The minimum atomic E-state index is -1.40. The summed E-state index contributed by atoms with van der Waals surface area (Å²) in [5, 5.41) is 8.72. The highest BCUT2D eigenvalue weighted by Crippen LogP contribution is 2.15. The summed E-state index contributed by atoms with van der Waals surface area (Å²) < 4.78 is 12.8. The van der Waals surface area contributed by atoms with E-state index in [1.165, 1.54) is 18.2 Å². The Hall–Kier alpha value is -1.62. The van der Waals surface area contributed by atoms with Crippen molar-refractivity contribution in [1.29, 1.82) is 0 Å². The molecule has 12 heavy (non-hydrogen) atoms. The summed E-state index contributed by atoms with van der Waals surface area (Å²) in [6.07, 6.45) is -1.40. The number of anilines is 1. The van der Waals surface area contributed by atoms with Crippen molar-refractivity contribution in [2.45, 2.75) is 0 Å². The summed E-state index contributed by atoms with van der Waals surface area (Å²) in [6, 6.07) is 5.37. The zero-order valence-corrected chi connectivity index (χ0v) is 6.07. The van der Waals surface area contributed by atoms with Gasteiger partial charge in [0.05, 0.1) is 5.69 Å². The maximum atomic E-state index is 12.8. The number of nitrogens with zero attached hydrogens (tertiary/aromatic N) is 1. The Kier molecular flexibility index (Phi) is 2.25. The summed E-state index contributed by atoms with van der Waals surface area (Å²) in [4.78, 5) is 10.3. The molecule has 0 saturated carbocycles. The fourth-order valence-corrected chi connectivity index (χ4v) is 0.750. The molecule has 1 aromatic carbocycles. The second kappa shape index (κ2) is 3.19. The van der Waals surface area contributed by atoms with Crippen LogP contribution >= 0.6 is 0 Å². The lowest BCUT2D eigenvalue weighted by molar-refractivity contribution is 0.201. The van der Waals surface area contributed by atoms with Crippen LogP contribution in [-0.4, -0.2) is 11.2 Å². The Bertz CT molecular complexity index is 303. The molecule has 0 aliphatic heterocycles. The van der Waals surface area contributed by atoms with E-state index in [9.17, 15) is 9.18 Å². The number of hydrogen-bond donors (Lipinski definition) is 2. The number of benzene rings is 1. The molecule has 0 spiro atoms. The molecule has 1 aromatic rings. The number of hydrazine groups is 1. The van der Waals surface area contributed by atoms with Gasteiger partial charge in [-0.05, 0) is 12.1 Å². The predicted molar refractivity (Wildman–Crippen MR) is 41.1 cm³/mol. The highest BCUT2D eigenvalue weighted by molar-refractivity contribution is 5.84. The molecule has 0 unspecified atom stereocenters. The van der Waals surface area contributed by atoms with Gasteiger partial charge in [0.2, 0.25) is 0 Å². The average Bonchev–Trinajstić information content (AvgIpc) is 2.04. The molecule has 0 heterocycles. The zero-order chi connectivity index (χ0) is 9.14. The minimum Gasteiger partial charge on any atom is -0.464 e. The number of nitrogens with two attached hydrogens (primary N) is 1. The molecule has 0 fully saturated rings. The van der Waals surface area contributed by atoms with Crippen molar-refractivity contribution in [2.24, 2.45) is 5.84 Å². The minimum absolute atomic E-state index is 0.162. The average molecular weight is 170 g/mol. The van der Waals surface area contributed by atoms with E-state index in [1.54, 1.807) is 0 Å². The molecule has 3 N–H and O–H groups in total. The first-order valence-electron chi connectivity index (χ1n) is 3.15. The molecule has 0 saturated heterocycles. The van der Waals surface area contributed by atoms with Crippen LogP contribution in [-0.2, 0) is 0 Å². The number of carbonyl (C=O) groups is 1. The standard InChI is InChI=1S/C7H7FN2O2/c8-5-3-1-2-4-6(5)10(9)7(11)12/h1-4H,9H2,(H,11,12). The van der Waals surface area contributed by atoms with Crippen LogP contribution in [0.4, 0.5) is 14.9 Å². The third-order valence-electron chi connectivity index (χ3n) is 1.32. The van der Waals surface area contributed by atoms with E-state index in [0.29, 0.717) is 5.01 Å². The third-order valence-corrected chi connectivity index (χ3v) is 1.32. The monoisotopic (exact) mass is 170 g/mol. The molecule has 64 valence electrons. The highest BCUT2D eigenvalue weighted by atomic mass is 19.1. The summed E-state index contributed by atoms with van der Waals surface area (Å²) in [6.45, 7) is 0. The van der Waals surface area contributed by atoms with Gasteiger partial charge in [0.1, 0.15) is 5.82 Å². The first-order valence-corrected chi connectivity index (χ1v) is 3.15. The molecule has 0 aliphatic carbocycles. The quantitative estimate of drug-likeness (QED) is 0.378. The number of para-hydroxylation sites is 1. The number of hydrogen-bond acceptors (Lipinski definition) is 2. The fourth-order valence-electron chi connectivity index (χ4n) is 0.750. The van der Waals surface area contributed by atoms with E-state index in [2.05, 4.69) is 0 Å². The van der Waals surface area contributed by atoms with Crippen molar-refractivity contribution >= 4 is 11.8 Å². The van der Waals surface area contributed by atoms with Crippen molar-refractivity contribution in [3.63, 3.8) is 0 Å². The highest BCUT2D eigenvalue weighted by Gasteiger charge is 2.12. The molecule has 4 nitrogen and oxygen atoms in total. The van der Waals surface area contributed by atoms with Gasteiger partial charge < -0.3 is 5.11 Å². The van der Waals surface area contributed by atoms with Crippen molar-refractivity contribution in [3.05, 3.63) is 30.1 Å². The van der Waals surface area contributed by atoms with E-state index in [4.69, 9.17) is 10.9 Å². The molecular weight excluding hydrogens is 163 g/mol. The van der Waals surface area contributed by atoms with Crippen LogP contribution in [0.25, 0.3) is 0 Å². The van der Waals surface area contributed by atoms with Crippen molar-refractivity contribution in [3.8, 4) is 0 Å². The summed E-state index contributed by atoms with van der Waals surface area (Å²) in [5.74, 6) is 4.37. The second-order valence-corrected chi connectivity index (χ2v) is 2.10. The summed E-state index contributed by atoms with van der Waals surface area (Å²) in [7, 11) is 0. The topological polar surface area (TPSA) is 66.6 Å². The van der Waals surface area contributed by atoms with E-state index in [0.717, 1.165) is 6.07 Å². The normalized spacial score (nSPS) is 9.50. The number of amides is 1. The SMILES string of the molecule is NN(C(=O)O)c1ccccc1F. The molecule has 0 atom stereocenters. The first kappa shape index (κ1) is 8.48. The Balaban J connectivity index is 3.02. The maximum absolute atomic E-state index is 12.8. The Morgan fingerprint density at radius 1 is 1.50 bits per heavy atom. The van der Waals surface area contributed by atoms with Crippen LogP contribution in [0.2, 0.25) is 0 Å². The number of carboxylic acid groups (broad SMARTS) is 1.